The van der Waals surface area contributed by atoms with Gasteiger partial charge in [-0.3, -0.25) is 4.79 Å². The van der Waals surface area contributed by atoms with Crippen molar-refractivity contribution in [3.8, 4) is 5.69 Å². The van der Waals surface area contributed by atoms with Crippen LogP contribution in [0, 0.1) is 6.92 Å². The number of carbonyl (C=O) groups is 1. The standard InChI is InChI=1S/C13H15ClN4O2/c1-9-12(13(19)15-6-7-20-2)16-17-18(9)11-5-3-4-10(14)8-11/h3-5,8H,6-7H2,1-2H3,(H,15,19). The molecule has 1 aromatic heterocycles. The van der Waals surface area contributed by atoms with Crippen LogP contribution in [0.2, 0.25) is 5.02 Å². The summed E-state index contributed by atoms with van der Waals surface area (Å²) in [7, 11) is 1.58. The Bertz CT molecular complexity index is 612. The number of hydrogen-bond acceptors (Lipinski definition) is 4. The summed E-state index contributed by atoms with van der Waals surface area (Å²) in [4.78, 5) is 11.9. The fraction of sp³-hybridized carbons (Fsp3) is 0.308. The third kappa shape index (κ3) is 3.15. The van der Waals surface area contributed by atoms with Crippen molar-refractivity contribution in [2.24, 2.45) is 0 Å². The Morgan fingerprint density at radius 2 is 2.30 bits per heavy atom. The van der Waals surface area contributed by atoms with E-state index in [1.165, 1.54) is 0 Å². The van der Waals surface area contributed by atoms with Crippen molar-refractivity contribution in [2.45, 2.75) is 6.92 Å². The van der Waals surface area contributed by atoms with Gasteiger partial charge in [-0.1, -0.05) is 22.9 Å². The number of carbonyl (C=O) groups excluding carboxylic acids is 1. The zero-order valence-corrected chi connectivity index (χ0v) is 12.0. The van der Waals surface area contributed by atoms with Crippen LogP contribution in [-0.4, -0.2) is 41.2 Å². The number of benzene rings is 1. The Morgan fingerprint density at radius 1 is 1.50 bits per heavy atom. The van der Waals surface area contributed by atoms with Crippen LogP contribution < -0.4 is 5.32 Å². The van der Waals surface area contributed by atoms with Crippen LogP contribution in [0.4, 0.5) is 0 Å². The molecule has 0 atom stereocenters. The van der Waals surface area contributed by atoms with E-state index in [0.717, 1.165) is 5.69 Å². The number of nitrogens with one attached hydrogen (secondary N) is 1. The topological polar surface area (TPSA) is 69.0 Å². The molecule has 6 nitrogen and oxygen atoms in total. The van der Waals surface area contributed by atoms with Crippen LogP contribution in [0.1, 0.15) is 16.2 Å². The Balaban J connectivity index is 2.21. The van der Waals surface area contributed by atoms with Gasteiger partial charge in [0, 0.05) is 18.7 Å². The molecule has 0 bridgehead atoms. The first kappa shape index (κ1) is 14.5. The van der Waals surface area contributed by atoms with Crippen LogP contribution in [-0.2, 0) is 4.74 Å². The van der Waals surface area contributed by atoms with Gasteiger partial charge in [0.1, 0.15) is 0 Å². The van der Waals surface area contributed by atoms with Gasteiger partial charge in [-0.05, 0) is 25.1 Å². The third-order valence-corrected chi connectivity index (χ3v) is 2.99. The van der Waals surface area contributed by atoms with E-state index in [-0.39, 0.29) is 5.91 Å². The molecular formula is C13H15ClN4O2. The number of nitrogens with zero attached hydrogens (tertiary/aromatic N) is 3. The molecule has 0 aliphatic carbocycles. The number of amides is 1. The third-order valence-electron chi connectivity index (χ3n) is 2.75. The van der Waals surface area contributed by atoms with Gasteiger partial charge >= 0.3 is 0 Å². The van der Waals surface area contributed by atoms with Crippen molar-refractivity contribution < 1.29 is 9.53 Å². The summed E-state index contributed by atoms with van der Waals surface area (Å²) in [5.74, 6) is -0.271. The quantitative estimate of drug-likeness (QED) is 0.851. The monoisotopic (exact) mass is 294 g/mol. The molecule has 20 heavy (non-hydrogen) atoms. The second-order valence-electron chi connectivity index (χ2n) is 4.16. The summed E-state index contributed by atoms with van der Waals surface area (Å²) < 4.78 is 6.46. The van der Waals surface area contributed by atoms with Gasteiger partial charge in [0.2, 0.25) is 0 Å². The fourth-order valence-corrected chi connectivity index (χ4v) is 1.93. The first-order chi connectivity index (χ1) is 9.63. The van der Waals surface area contributed by atoms with Crippen LogP contribution in [0.3, 0.4) is 0 Å². The lowest BCUT2D eigenvalue weighted by molar-refractivity contribution is 0.0931. The lowest BCUT2D eigenvalue weighted by Gasteiger charge is -2.05. The maximum atomic E-state index is 11.9. The van der Waals surface area contributed by atoms with E-state index in [1.54, 1.807) is 30.8 Å². The lowest BCUT2D eigenvalue weighted by Crippen LogP contribution is -2.27. The molecule has 0 saturated heterocycles. The molecule has 1 aromatic carbocycles. The predicted octanol–water partition coefficient (Wildman–Crippen LogP) is 1.61. The second kappa shape index (κ2) is 6.49. The van der Waals surface area contributed by atoms with Gasteiger partial charge in [0.15, 0.2) is 5.69 Å². The minimum absolute atomic E-state index is 0.271. The molecule has 2 rings (SSSR count). The zero-order valence-electron chi connectivity index (χ0n) is 11.3. The van der Waals surface area contributed by atoms with Crippen molar-refractivity contribution >= 4 is 17.5 Å². The van der Waals surface area contributed by atoms with Crippen molar-refractivity contribution in [3.05, 3.63) is 40.7 Å². The van der Waals surface area contributed by atoms with E-state index in [4.69, 9.17) is 16.3 Å². The first-order valence-electron chi connectivity index (χ1n) is 6.09. The van der Waals surface area contributed by atoms with Gasteiger partial charge in [-0.25, -0.2) is 4.68 Å². The minimum Gasteiger partial charge on any atom is -0.383 e. The highest BCUT2D eigenvalue weighted by Gasteiger charge is 2.16. The summed E-state index contributed by atoms with van der Waals surface area (Å²) >= 11 is 5.95. The van der Waals surface area contributed by atoms with E-state index in [0.29, 0.717) is 29.6 Å². The van der Waals surface area contributed by atoms with Crippen molar-refractivity contribution in [3.63, 3.8) is 0 Å². The van der Waals surface area contributed by atoms with E-state index < -0.39 is 0 Å². The van der Waals surface area contributed by atoms with Gasteiger partial charge in [-0.2, -0.15) is 0 Å². The Labute approximate surface area is 121 Å². The molecule has 106 valence electrons. The van der Waals surface area contributed by atoms with Crippen LogP contribution in [0.5, 0.6) is 0 Å². The van der Waals surface area contributed by atoms with Crippen molar-refractivity contribution in [1.82, 2.24) is 20.3 Å². The molecule has 0 unspecified atom stereocenters. The fourth-order valence-electron chi connectivity index (χ4n) is 1.74. The Hall–Kier alpha value is -1.92. The maximum absolute atomic E-state index is 11.9. The average molecular weight is 295 g/mol. The normalized spacial score (nSPS) is 10.6. The molecule has 0 fully saturated rings. The van der Waals surface area contributed by atoms with Gasteiger partial charge in [-0.15, -0.1) is 5.10 Å². The highest BCUT2D eigenvalue weighted by Crippen LogP contribution is 2.16. The number of methoxy groups -OCH3 is 1. The lowest BCUT2D eigenvalue weighted by atomic mass is 10.3. The Kier molecular flexibility index (Phi) is 4.70. The number of aromatic nitrogens is 3. The molecule has 7 heteroatoms. The van der Waals surface area contributed by atoms with Crippen LogP contribution in [0.15, 0.2) is 24.3 Å². The summed E-state index contributed by atoms with van der Waals surface area (Å²) in [6.07, 6.45) is 0. The SMILES string of the molecule is COCCNC(=O)c1nnn(-c2cccc(Cl)c2)c1C. The number of halogens is 1. The summed E-state index contributed by atoms with van der Waals surface area (Å²) in [6.45, 7) is 2.66. The summed E-state index contributed by atoms with van der Waals surface area (Å²) in [5.41, 5.74) is 1.71. The second-order valence-corrected chi connectivity index (χ2v) is 4.60. The summed E-state index contributed by atoms with van der Waals surface area (Å²) in [5, 5.41) is 11.2. The minimum atomic E-state index is -0.271. The molecule has 1 N–H and O–H groups in total. The van der Waals surface area contributed by atoms with Gasteiger partial charge in [0.25, 0.3) is 5.91 Å². The molecule has 0 spiro atoms. The predicted molar refractivity (Wildman–Crippen MR) is 75.3 cm³/mol. The number of hydrogen-bond donors (Lipinski definition) is 1. The van der Waals surface area contributed by atoms with Crippen molar-refractivity contribution in [1.29, 1.82) is 0 Å². The van der Waals surface area contributed by atoms with E-state index in [1.807, 2.05) is 12.1 Å². The molecule has 0 aliphatic rings. The van der Waals surface area contributed by atoms with Gasteiger partial charge < -0.3 is 10.1 Å². The highest BCUT2D eigenvalue weighted by atomic mass is 35.5. The highest BCUT2D eigenvalue weighted by molar-refractivity contribution is 6.30. The van der Waals surface area contributed by atoms with Gasteiger partial charge in [0.05, 0.1) is 18.0 Å². The molecule has 0 saturated carbocycles. The molecule has 2 aromatic rings. The number of rotatable bonds is 5. The van der Waals surface area contributed by atoms with Crippen LogP contribution >= 0.6 is 11.6 Å². The Morgan fingerprint density at radius 3 is 3.00 bits per heavy atom. The van der Waals surface area contributed by atoms with Crippen LogP contribution in [0.25, 0.3) is 5.69 Å². The van der Waals surface area contributed by atoms with E-state index in [9.17, 15) is 4.79 Å². The van der Waals surface area contributed by atoms with E-state index >= 15 is 0 Å². The molecular weight excluding hydrogens is 280 g/mol. The van der Waals surface area contributed by atoms with Crippen molar-refractivity contribution in [2.75, 3.05) is 20.3 Å². The molecule has 1 heterocycles. The first-order valence-corrected chi connectivity index (χ1v) is 6.46. The molecule has 0 aliphatic heterocycles. The molecule has 0 radical (unpaired) electrons. The number of ether oxygens (including phenoxy) is 1. The largest absolute Gasteiger partial charge is 0.383 e. The van der Waals surface area contributed by atoms with E-state index in [2.05, 4.69) is 15.6 Å². The smallest absolute Gasteiger partial charge is 0.273 e. The molecule has 1 amide bonds. The maximum Gasteiger partial charge on any atom is 0.273 e. The summed E-state index contributed by atoms with van der Waals surface area (Å²) in [6, 6.07) is 7.20. The zero-order chi connectivity index (χ0) is 14.5. The average Bonchev–Trinajstić information content (AvgIpc) is 2.81.